The van der Waals surface area contributed by atoms with Crippen molar-refractivity contribution in [1.29, 1.82) is 0 Å². The first-order valence-electron chi connectivity index (χ1n) is 8.71. The topological polar surface area (TPSA) is 75.7 Å². The maximum absolute atomic E-state index is 12.4. The summed E-state index contributed by atoms with van der Waals surface area (Å²) in [6.45, 7) is 6.33. The van der Waals surface area contributed by atoms with Crippen molar-refractivity contribution < 1.29 is 19.1 Å². The molecule has 2 amide bonds. The molecular weight excluding hydrogens is 296 g/mol. The van der Waals surface area contributed by atoms with Gasteiger partial charge in [-0.25, -0.2) is 0 Å². The molecule has 0 radical (unpaired) electrons. The van der Waals surface area contributed by atoms with Crippen molar-refractivity contribution >= 4 is 17.8 Å². The van der Waals surface area contributed by atoms with Crippen LogP contribution in [0.1, 0.15) is 59.3 Å². The van der Waals surface area contributed by atoms with Crippen molar-refractivity contribution in [2.75, 3.05) is 19.7 Å². The van der Waals surface area contributed by atoms with Crippen LogP contribution >= 0.6 is 0 Å². The van der Waals surface area contributed by atoms with Crippen LogP contribution in [0.3, 0.4) is 0 Å². The van der Waals surface area contributed by atoms with Crippen molar-refractivity contribution in [1.82, 2.24) is 10.2 Å². The Hall–Kier alpha value is -1.59. The zero-order valence-electron chi connectivity index (χ0n) is 14.6. The minimum atomic E-state index is -0.392. The van der Waals surface area contributed by atoms with Gasteiger partial charge in [-0.2, -0.15) is 0 Å². The number of ether oxygens (including phenoxy) is 1. The Morgan fingerprint density at radius 1 is 1.22 bits per heavy atom. The molecular formula is C17H30N2O4. The highest BCUT2D eigenvalue weighted by atomic mass is 16.5. The van der Waals surface area contributed by atoms with Crippen LogP contribution in [0.4, 0.5) is 0 Å². The first kappa shape index (κ1) is 19.5. The molecule has 0 aromatic carbocycles. The third-order valence-electron chi connectivity index (χ3n) is 4.07. The number of carbonyl (C=O) groups excluding carboxylic acids is 3. The van der Waals surface area contributed by atoms with Crippen LogP contribution in [0.2, 0.25) is 0 Å². The minimum absolute atomic E-state index is 0.0240. The van der Waals surface area contributed by atoms with Crippen LogP contribution < -0.4 is 5.32 Å². The molecule has 1 unspecified atom stereocenters. The number of nitrogens with zero attached hydrogens (tertiary/aromatic N) is 1. The van der Waals surface area contributed by atoms with E-state index in [0.717, 1.165) is 32.1 Å². The van der Waals surface area contributed by atoms with E-state index in [1.165, 1.54) is 4.90 Å². The maximum atomic E-state index is 12.4. The standard InChI is InChI=1S/C17H30N2O4/c1-4-10-19(12-16(21)23-5-2)15(20)11-13(3)18-17(22)14-8-6-7-9-14/h13-14H,4-12H2,1-3H3,(H,18,22). The smallest absolute Gasteiger partial charge is 0.325 e. The zero-order valence-corrected chi connectivity index (χ0v) is 14.6. The van der Waals surface area contributed by atoms with E-state index in [-0.39, 0.29) is 36.7 Å². The van der Waals surface area contributed by atoms with E-state index in [1.54, 1.807) is 6.92 Å². The molecule has 1 saturated carbocycles. The molecule has 1 aliphatic carbocycles. The van der Waals surface area contributed by atoms with Gasteiger partial charge in [0, 0.05) is 24.9 Å². The Labute approximate surface area is 138 Å². The second-order valence-electron chi connectivity index (χ2n) is 6.22. The van der Waals surface area contributed by atoms with Gasteiger partial charge in [0.1, 0.15) is 6.54 Å². The lowest BCUT2D eigenvalue weighted by Gasteiger charge is -2.23. The number of nitrogens with one attached hydrogen (secondary N) is 1. The van der Waals surface area contributed by atoms with Crippen LogP contribution in [0, 0.1) is 5.92 Å². The quantitative estimate of drug-likeness (QED) is 0.656. The van der Waals surface area contributed by atoms with Crippen LogP contribution in [0.15, 0.2) is 0 Å². The van der Waals surface area contributed by atoms with Crippen LogP contribution in [-0.4, -0.2) is 48.4 Å². The van der Waals surface area contributed by atoms with E-state index in [9.17, 15) is 14.4 Å². The maximum Gasteiger partial charge on any atom is 0.325 e. The number of hydrogen-bond acceptors (Lipinski definition) is 4. The van der Waals surface area contributed by atoms with Gasteiger partial charge in [0.2, 0.25) is 11.8 Å². The summed E-state index contributed by atoms with van der Waals surface area (Å²) >= 11 is 0. The number of rotatable bonds is 9. The second kappa shape index (κ2) is 10.2. The lowest BCUT2D eigenvalue weighted by molar-refractivity contribution is -0.149. The SMILES string of the molecule is CCCN(CC(=O)OCC)C(=O)CC(C)NC(=O)C1CCCC1. The summed E-state index contributed by atoms with van der Waals surface area (Å²) in [5, 5.41) is 2.93. The van der Waals surface area contributed by atoms with Crippen molar-refractivity contribution in [3.05, 3.63) is 0 Å². The molecule has 1 aliphatic rings. The number of amides is 2. The van der Waals surface area contributed by atoms with E-state index in [0.29, 0.717) is 13.2 Å². The fourth-order valence-electron chi connectivity index (χ4n) is 2.92. The number of esters is 1. The Morgan fingerprint density at radius 3 is 2.43 bits per heavy atom. The van der Waals surface area contributed by atoms with Crippen LogP contribution in [0.25, 0.3) is 0 Å². The number of carbonyl (C=O) groups is 3. The van der Waals surface area contributed by atoms with Gasteiger partial charge in [-0.15, -0.1) is 0 Å². The first-order valence-corrected chi connectivity index (χ1v) is 8.71. The van der Waals surface area contributed by atoms with Gasteiger partial charge in [0.05, 0.1) is 6.61 Å². The molecule has 0 aromatic rings. The average molecular weight is 326 g/mol. The molecule has 1 fully saturated rings. The Balaban J connectivity index is 2.45. The monoisotopic (exact) mass is 326 g/mol. The van der Waals surface area contributed by atoms with Crippen molar-refractivity contribution in [2.24, 2.45) is 5.92 Å². The fourth-order valence-corrected chi connectivity index (χ4v) is 2.92. The molecule has 6 heteroatoms. The Kier molecular flexibility index (Phi) is 8.66. The molecule has 6 nitrogen and oxygen atoms in total. The second-order valence-corrected chi connectivity index (χ2v) is 6.22. The summed E-state index contributed by atoms with van der Waals surface area (Å²) in [5.41, 5.74) is 0. The van der Waals surface area contributed by atoms with Gasteiger partial charge in [0.25, 0.3) is 0 Å². The van der Waals surface area contributed by atoms with Gasteiger partial charge in [-0.3, -0.25) is 14.4 Å². The lowest BCUT2D eigenvalue weighted by Crippen LogP contribution is -2.43. The molecule has 23 heavy (non-hydrogen) atoms. The van der Waals surface area contributed by atoms with Gasteiger partial charge < -0.3 is 15.0 Å². The molecule has 132 valence electrons. The summed E-state index contributed by atoms with van der Waals surface area (Å²) in [7, 11) is 0. The first-order chi connectivity index (χ1) is 11.0. The summed E-state index contributed by atoms with van der Waals surface area (Å²) in [6, 6.07) is -0.225. The Morgan fingerprint density at radius 2 is 1.87 bits per heavy atom. The summed E-state index contributed by atoms with van der Waals surface area (Å²) < 4.78 is 4.90. The van der Waals surface area contributed by atoms with Crippen molar-refractivity contribution in [3.8, 4) is 0 Å². The highest BCUT2D eigenvalue weighted by molar-refractivity contribution is 5.83. The molecule has 1 N–H and O–H groups in total. The largest absolute Gasteiger partial charge is 0.465 e. The molecule has 0 spiro atoms. The third-order valence-corrected chi connectivity index (χ3v) is 4.07. The highest BCUT2D eigenvalue weighted by Crippen LogP contribution is 2.24. The van der Waals surface area contributed by atoms with E-state index >= 15 is 0 Å². The highest BCUT2D eigenvalue weighted by Gasteiger charge is 2.25. The molecule has 0 aliphatic heterocycles. The third kappa shape index (κ3) is 7.01. The van der Waals surface area contributed by atoms with Crippen LogP contribution in [0.5, 0.6) is 0 Å². The predicted octanol–water partition coefficient (Wildman–Crippen LogP) is 1.87. The van der Waals surface area contributed by atoms with Crippen molar-refractivity contribution in [3.63, 3.8) is 0 Å². The molecule has 0 bridgehead atoms. The average Bonchev–Trinajstić information content (AvgIpc) is 3.01. The predicted molar refractivity (Wildman–Crippen MR) is 87.7 cm³/mol. The summed E-state index contributed by atoms with van der Waals surface area (Å²) in [6.07, 6.45) is 5.07. The van der Waals surface area contributed by atoms with Crippen LogP contribution in [-0.2, 0) is 19.1 Å². The van der Waals surface area contributed by atoms with Gasteiger partial charge in [-0.05, 0) is 33.1 Å². The summed E-state index contributed by atoms with van der Waals surface area (Å²) in [5.74, 6) is -0.370. The van der Waals surface area contributed by atoms with E-state index in [2.05, 4.69) is 5.32 Å². The number of hydrogen-bond donors (Lipinski definition) is 1. The Bertz CT molecular complexity index is 405. The van der Waals surface area contributed by atoms with E-state index in [4.69, 9.17) is 4.74 Å². The van der Waals surface area contributed by atoms with Crippen molar-refractivity contribution in [2.45, 2.75) is 65.3 Å². The molecule has 0 saturated heterocycles. The fraction of sp³-hybridized carbons (Fsp3) is 0.824. The molecule has 0 aromatic heterocycles. The normalized spacial score (nSPS) is 16.0. The minimum Gasteiger partial charge on any atom is -0.465 e. The summed E-state index contributed by atoms with van der Waals surface area (Å²) in [4.78, 5) is 37.5. The molecule has 0 heterocycles. The molecule has 1 rings (SSSR count). The van der Waals surface area contributed by atoms with Gasteiger partial charge >= 0.3 is 5.97 Å². The molecule has 1 atom stereocenters. The van der Waals surface area contributed by atoms with Gasteiger partial charge in [0.15, 0.2) is 0 Å². The van der Waals surface area contributed by atoms with E-state index < -0.39 is 5.97 Å². The zero-order chi connectivity index (χ0) is 17.2. The van der Waals surface area contributed by atoms with Gasteiger partial charge in [-0.1, -0.05) is 19.8 Å². The van der Waals surface area contributed by atoms with E-state index in [1.807, 2.05) is 13.8 Å². The lowest BCUT2D eigenvalue weighted by atomic mass is 10.1.